The summed E-state index contributed by atoms with van der Waals surface area (Å²) < 4.78 is 0. The van der Waals surface area contributed by atoms with E-state index in [1.54, 1.807) is 0 Å². The number of hydrogen-bond acceptors (Lipinski definition) is 3. The topological polar surface area (TPSA) is 25.8 Å². The lowest BCUT2D eigenvalue weighted by Gasteiger charge is -2.13. The molecule has 3 aromatic rings. The van der Waals surface area contributed by atoms with Gasteiger partial charge in [0.1, 0.15) is 0 Å². The summed E-state index contributed by atoms with van der Waals surface area (Å²) in [6, 6.07) is 13.1. The second-order valence-electron chi connectivity index (χ2n) is 7.55. The molecule has 0 aliphatic rings. The van der Waals surface area contributed by atoms with E-state index in [0.717, 1.165) is 24.2 Å². The highest BCUT2D eigenvalue weighted by atomic mass is 32.1. The molecule has 0 aromatic carbocycles. The van der Waals surface area contributed by atoms with Crippen molar-refractivity contribution >= 4 is 11.3 Å². The fourth-order valence-electron chi connectivity index (χ4n) is 3.19. The average molecular weight is 365 g/mol. The van der Waals surface area contributed by atoms with E-state index in [9.17, 15) is 0 Å². The lowest BCUT2D eigenvalue weighted by molar-refractivity contribution is 0.708. The van der Waals surface area contributed by atoms with E-state index in [1.807, 2.05) is 23.7 Å². The molecular formula is C23H28N2S. The Morgan fingerprint density at radius 3 is 2.27 bits per heavy atom. The normalized spacial score (nSPS) is 13.7. The Kier molecular flexibility index (Phi) is 6.20. The minimum absolute atomic E-state index is 0.371. The maximum Gasteiger partial charge on any atom is 0.0435 e. The third-order valence-electron chi connectivity index (χ3n) is 4.95. The van der Waals surface area contributed by atoms with Gasteiger partial charge in [-0.15, -0.1) is 11.3 Å². The van der Waals surface area contributed by atoms with E-state index in [-0.39, 0.29) is 0 Å². The van der Waals surface area contributed by atoms with Gasteiger partial charge in [-0.1, -0.05) is 45.9 Å². The third kappa shape index (κ3) is 4.79. The largest absolute Gasteiger partial charge is 0.261 e. The van der Waals surface area contributed by atoms with Crippen LogP contribution in [0.1, 0.15) is 72.8 Å². The lowest BCUT2D eigenvalue weighted by Crippen LogP contribution is -2.04. The second-order valence-corrected chi connectivity index (χ2v) is 8.53. The Balaban J connectivity index is 1.60. The standard InChI is InChI=1S/C23H28N2S/c1-16(2)20-8-9-21(24-15-20)13-17(3)22-10-7-19(14-25-22)12-18(4)23-6-5-11-26-23/h5-11,14-18H,12-13H2,1-4H3. The zero-order chi connectivity index (χ0) is 18.5. The van der Waals surface area contributed by atoms with Gasteiger partial charge in [-0.3, -0.25) is 9.97 Å². The summed E-state index contributed by atoms with van der Waals surface area (Å²) >= 11 is 1.83. The summed E-state index contributed by atoms with van der Waals surface area (Å²) in [5, 5.41) is 2.15. The molecular weight excluding hydrogens is 336 g/mol. The van der Waals surface area contributed by atoms with Crippen LogP contribution in [-0.2, 0) is 12.8 Å². The zero-order valence-corrected chi connectivity index (χ0v) is 17.0. The van der Waals surface area contributed by atoms with Gasteiger partial charge in [-0.2, -0.15) is 0 Å². The van der Waals surface area contributed by atoms with Crippen LogP contribution in [0.4, 0.5) is 0 Å². The summed E-state index contributed by atoms with van der Waals surface area (Å²) in [5.74, 6) is 1.44. The van der Waals surface area contributed by atoms with Crippen molar-refractivity contribution in [1.29, 1.82) is 0 Å². The van der Waals surface area contributed by atoms with E-state index in [1.165, 1.54) is 16.0 Å². The van der Waals surface area contributed by atoms with Crippen LogP contribution in [0.3, 0.4) is 0 Å². The predicted molar refractivity (Wildman–Crippen MR) is 111 cm³/mol. The van der Waals surface area contributed by atoms with Crippen LogP contribution in [0.5, 0.6) is 0 Å². The Morgan fingerprint density at radius 2 is 1.69 bits per heavy atom. The molecule has 0 aliphatic carbocycles. The van der Waals surface area contributed by atoms with Crippen molar-refractivity contribution in [2.75, 3.05) is 0 Å². The van der Waals surface area contributed by atoms with E-state index in [2.05, 4.69) is 74.5 Å². The summed E-state index contributed by atoms with van der Waals surface area (Å²) in [4.78, 5) is 10.8. The van der Waals surface area contributed by atoms with Crippen LogP contribution in [0, 0.1) is 0 Å². The lowest BCUT2D eigenvalue weighted by atomic mass is 9.97. The van der Waals surface area contributed by atoms with Crippen molar-refractivity contribution in [2.24, 2.45) is 0 Å². The summed E-state index contributed by atoms with van der Waals surface area (Å²) in [5.41, 5.74) is 4.89. The highest BCUT2D eigenvalue weighted by molar-refractivity contribution is 7.10. The highest BCUT2D eigenvalue weighted by Crippen LogP contribution is 2.25. The molecule has 0 amide bonds. The van der Waals surface area contributed by atoms with Crippen LogP contribution in [0.25, 0.3) is 0 Å². The van der Waals surface area contributed by atoms with Crippen LogP contribution in [-0.4, -0.2) is 9.97 Å². The molecule has 0 bridgehead atoms. The molecule has 0 aliphatic heterocycles. The molecule has 0 radical (unpaired) electrons. The fourth-order valence-corrected chi connectivity index (χ4v) is 3.98. The maximum absolute atomic E-state index is 4.73. The molecule has 2 unspecified atom stereocenters. The first kappa shape index (κ1) is 18.8. The molecule has 3 aromatic heterocycles. The van der Waals surface area contributed by atoms with Crippen LogP contribution in [0.15, 0.2) is 54.2 Å². The van der Waals surface area contributed by atoms with E-state index < -0.39 is 0 Å². The first-order valence-corrected chi connectivity index (χ1v) is 10.3. The Hall–Kier alpha value is -2.00. The van der Waals surface area contributed by atoms with Crippen molar-refractivity contribution in [1.82, 2.24) is 9.97 Å². The molecule has 3 rings (SSSR count). The van der Waals surface area contributed by atoms with Crippen LogP contribution < -0.4 is 0 Å². The molecule has 0 spiro atoms. The minimum atomic E-state index is 0.371. The Morgan fingerprint density at radius 1 is 0.846 bits per heavy atom. The molecule has 0 saturated heterocycles. The van der Waals surface area contributed by atoms with Gasteiger partial charge in [0.25, 0.3) is 0 Å². The van der Waals surface area contributed by atoms with E-state index >= 15 is 0 Å². The van der Waals surface area contributed by atoms with Crippen molar-refractivity contribution in [2.45, 2.75) is 58.3 Å². The number of thiophene rings is 1. The zero-order valence-electron chi connectivity index (χ0n) is 16.1. The first-order chi connectivity index (χ1) is 12.5. The fraction of sp³-hybridized carbons (Fsp3) is 0.391. The number of hydrogen-bond donors (Lipinski definition) is 0. The smallest absolute Gasteiger partial charge is 0.0435 e. The van der Waals surface area contributed by atoms with Gasteiger partial charge >= 0.3 is 0 Å². The van der Waals surface area contributed by atoms with Crippen LogP contribution in [0.2, 0.25) is 0 Å². The molecule has 2 nitrogen and oxygen atoms in total. The van der Waals surface area contributed by atoms with Gasteiger partial charge in [0.05, 0.1) is 0 Å². The molecule has 0 fully saturated rings. The van der Waals surface area contributed by atoms with Crippen molar-refractivity contribution in [3.63, 3.8) is 0 Å². The monoisotopic (exact) mass is 364 g/mol. The van der Waals surface area contributed by atoms with Crippen LogP contribution >= 0.6 is 11.3 Å². The number of pyridine rings is 2. The SMILES string of the molecule is CC(C)c1ccc(CC(C)c2ccc(CC(C)c3cccs3)cn2)nc1. The summed E-state index contributed by atoms with van der Waals surface area (Å²) in [6.45, 7) is 8.91. The number of nitrogens with zero attached hydrogens (tertiary/aromatic N) is 2. The minimum Gasteiger partial charge on any atom is -0.261 e. The van der Waals surface area contributed by atoms with Gasteiger partial charge in [-0.25, -0.2) is 0 Å². The van der Waals surface area contributed by atoms with Crippen molar-refractivity contribution in [3.05, 3.63) is 81.6 Å². The van der Waals surface area contributed by atoms with Gasteiger partial charge in [0.2, 0.25) is 0 Å². The molecule has 26 heavy (non-hydrogen) atoms. The Bertz CT molecular complexity index is 789. The quantitative estimate of drug-likeness (QED) is 0.488. The number of aromatic nitrogens is 2. The molecule has 3 heterocycles. The molecule has 3 heteroatoms. The molecule has 2 atom stereocenters. The highest BCUT2D eigenvalue weighted by Gasteiger charge is 2.12. The molecule has 0 saturated carbocycles. The van der Waals surface area contributed by atoms with Crippen molar-refractivity contribution < 1.29 is 0 Å². The van der Waals surface area contributed by atoms with Gasteiger partial charge < -0.3 is 0 Å². The molecule has 136 valence electrons. The Labute approximate surface area is 161 Å². The van der Waals surface area contributed by atoms with Crippen molar-refractivity contribution in [3.8, 4) is 0 Å². The third-order valence-corrected chi connectivity index (χ3v) is 6.06. The first-order valence-electron chi connectivity index (χ1n) is 9.46. The maximum atomic E-state index is 4.73. The molecule has 0 N–H and O–H groups in total. The van der Waals surface area contributed by atoms with Gasteiger partial charge in [0, 0.05) is 34.6 Å². The van der Waals surface area contributed by atoms with Gasteiger partial charge in [-0.05, 0) is 59.4 Å². The summed E-state index contributed by atoms with van der Waals surface area (Å²) in [6.07, 6.45) is 6.02. The second kappa shape index (κ2) is 8.59. The van der Waals surface area contributed by atoms with E-state index in [4.69, 9.17) is 4.98 Å². The predicted octanol–water partition coefficient (Wildman–Crippen LogP) is 6.35. The van der Waals surface area contributed by atoms with Gasteiger partial charge in [0.15, 0.2) is 0 Å². The summed E-state index contributed by atoms with van der Waals surface area (Å²) in [7, 11) is 0. The average Bonchev–Trinajstić information content (AvgIpc) is 3.17. The van der Waals surface area contributed by atoms with E-state index in [0.29, 0.717) is 17.8 Å². The number of rotatable bonds is 7.